The minimum absolute atomic E-state index is 0.0444. The van der Waals surface area contributed by atoms with Crippen LogP contribution in [0.5, 0.6) is 11.5 Å². The summed E-state index contributed by atoms with van der Waals surface area (Å²) < 4.78 is 50.1. The number of amides is 1. The largest absolute Gasteiger partial charge is 0.493 e. The van der Waals surface area contributed by atoms with Gasteiger partial charge in [-0.15, -0.1) is 0 Å². The van der Waals surface area contributed by atoms with Gasteiger partial charge >= 0.3 is 0 Å². The number of benzene rings is 3. The topological polar surface area (TPSA) is 81.7 Å². The van der Waals surface area contributed by atoms with Gasteiger partial charge in [-0.3, -0.25) is 4.79 Å². The van der Waals surface area contributed by atoms with Crippen molar-refractivity contribution < 1.29 is 27.1 Å². The number of carbonyl (C=O) groups excluding carboxylic acids is 1. The van der Waals surface area contributed by atoms with Crippen LogP contribution in [0, 0.1) is 11.7 Å². The van der Waals surface area contributed by atoms with Gasteiger partial charge in [-0.2, -0.15) is 0 Å². The van der Waals surface area contributed by atoms with Crippen molar-refractivity contribution in [3.8, 4) is 22.6 Å². The SMILES string of the molecule is CS(=O)(=O)NC(=O)c1ccc(COc2cccc(-c3ccc(OCC4CC4)cc3)c2)c(F)c1. The highest BCUT2D eigenvalue weighted by atomic mass is 32.2. The predicted octanol–water partition coefficient (Wildman–Crippen LogP) is 4.55. The first kappa shape index (κ1) is 22.8. The smallest absolute Gasteiger partial charge is 0.264 e. The van der Waals surface area contributed by atoms with Crippen molar-refractivity contribution in [2.24, 2.45) is 5.92 Å². The molecule has 0 heterocycles. The van der Waals surface area contributed by atoms with Gasteiger partial charge in [-0.05, 0) is 66.3 Å². The highest BCUT2D eigenvalue weighted by Crippen LogP contribution is 2.30. The van der Waals surface area contributed by atoms with Gasteiger partial charge in [0.15, 0.2) is 0 Å². The summed E-state index contributed by atoms with van der Waals surface area (Å²) in [6.07, 6.45) is 3.35. The predicted molar refractivity (Wildman–Crippen MR) is 123 cm³/mol. The van der Waals surface area contributed by atoms with E-state index in [4.69, 9.17) is 9.47 Å². The van der Waals surface area contributed by atoms with Crippen molar-refractivity contribution in [3.63, 3.8) is 0 Å². The zero-order valence-electron chi connectivity index (χ0n) is 18.1. The van der Waals surface area contributed by atoms with Gasteiger partial charge in [0.1, 0.15) is 23.9 Å². The van der Waals surface area contributed by atoms with Crippen molar-refractivity contribution in [1.29, 1.82) is 0 Å². The van der Waals surface area contributed by atoms with Crippen molar-refractivity contribution >= 4 is 15.9 Å². The molecule has 0 radical (unpaired) electrons. The van der Waals surface area contributed by atoms with Gasteiger partial charge in [0.25, 0.3) is 5.91 Å². The minimum Gasteiger partial charge on any atom is -0.493 e. The van der Waals surface area contributed by atoms with Gasteiger partial charge < -0.3 is 9.47 Å². The number of carbonyl (C=O) groups is 1. The molecule has 1 amide bonds. The molecule has 1 aliphatic rings. The summed E-state index contributed by atoms with van der Waals surface area (Å²) in [5.74, 6) is 0.570. The molecule has 0 atom stereocenters. The third-order valence-corrected chi connectivity index (χ3v) is 5.75. The van der Waals surface area contributed by atoms with Crippen LogP contribution in [0.4, 0.5) is 4.39 Å². The van der Waals surface area contributed by atoms with E-state index in [2.05, 4.69) is 0 Å². The fourth-order valence-corrected chi connectivity index (χ4v) is 3.66. The number of ether oxygens (including phenoxy) is 2. The van der Waals surface area contributed by atoms with Crippen LogP contribution in [-0.2, 0) is 16.6 Å². The Labute approximate surface area is 192 Å². The van der Waals surface area contributed by atoms with Crippen molar-refractivity contribution in [3.05, 3.63) is 83.7 Å². The van der Waals surface area contributed by atoms with E-state index in [-0.39, 0.29) is 17.7 Å². The average molecular weight is 470 g/mol. The number of rotatable bonds is 9. The molecule has 0 bridgehead atoms. The van der Waals surface area contributed by atoms with E-state index in [9.17, 15) is 17.6 Å². The van der Waals surface area contributed by atoms with E-state index in [1.54, 1.807) is 6.07 Å². The molecule has 172 valence electrons. The molecule has 33 heavy (non-hydrogen) atoms. The van der Waals surface area contributed by atoms with Crippen molar-refractivity contribution in [2.45, 2.75) is 19.4 Å². The first-order chi connectivity index (χ1) is 15.8. The summed E-state index contributed by atoms with van der Waals surface area (Å²) in [7, 11) is -3.73. The fraction of sp³-hybridized carbons (Fsp3) is 0.240. The van der Waals surface area contributed by atoms with Crippen LogP contribution in [0.25, 0.3) is 11.1 Å². The summed E-state index contributed by atoms with van der Waals surface area (Å²) >= 11 is 0. The van der Waals surface area contributed by atoms with E-state index in [1.165, 1.54) is 25.0 Å². The van der Waals surface area contributed by atoms with Crippen LogP contribution in [0.15, 0.2) is 66.7 Å². The fourth-order valence-electron chi connectivity index (χ4n) is 3.20. The number of hydrogen-bond donors (Lipinski definition) is 1. The van der Waals surface area contributed by atoms with E-state index in [0.717, 1.165) is 35.8 Å². The summed E-state index contributed by atoms with van der Waals surface area (Å²) in [6.45, 7) is 0.722. The molecule has 1 fully saturated rings. The quantitative estimate of drug-likeness (QED) is 0.497. The van der Waals surface area contributed by atoms with Gasteiger partial charge in [0, 0.05) is 11.1 Å². The molecule has 4 rings (SSSR count). The summed E-state index contributed by atoms with van der Waals surface area (Å²) in [6, 6.07) is 19.1. The van der Waals surface area contributed by atoms with Crippen LogP contribution in [-0.4, -0.2) is 27.2 Å². The maximum atomic E-state index is 14.4. The maximum absolute atomic E-state index is 14.4. The molecule has 1 aliphatic carbocycles. The second kappa shape index (κ2) is 9.62. The average Bonchev–Trinajstić information content (AvgIpc) is 3.61. The number of halogens is 1. The maximum Gasteiger partial charge on any atom is 0.264 e. The molecular weight excluding hydrogens is 445 g/mol. The van der Waals surface area contributed by atoms with Crippen LogP contribution in [0.1, 0.15) is 28.8 Å². The highest BCUT2D eigenvalue weighted by Gasteiger charge is 2.21. The third-order valence-electron chi connectivity index (χ3n) is 5.19. The Hall–Kier alpha value is -3.39. The highest BCUT2D eigenvalue weighted by molar-refractivity contribution is 7.89. The van der Waals surface area contributed by atoms with Gasteiger partial charge in [-0.25, -0.2) is 17.5 Å². The Balaban J connectivity index is 1.39. The summed E-state index contributed by atoms with van der Waals surface area (Å²) in [5.41, 5.74) is 2.11. The van der Waals surface area contributed by atoms with E-state index < -0.39 is 21.7 Å². The second-order valence-corrected chi connectivity index (χ2v) is 9.85. The minimum atomic E-state index is -3.73. The van der Waals surface area contributed by atoms with Crippen LogP contribution < -0.4 is 14.2 Å². The number of sulfonamides is 1. The molecule has 0 aliphatic heterocycles. The van der Waals surface area contributed by atoms with Crippen LogP contribution >= 0.6 is 0 Å². The van der Waals surface area contributed by atoms with E-state index in [0.29, 0.717) is 11.7 Å². The van der Waals surface area contributed by atoms with Gasteiger partial charge in [0.2, 0.25) is 10.0 Å². The van der Waals surface area contributed by atoms with Crippen molar-refractivity contribution in [1.82, 2.24) is 4.72 Å². The van der Waals surface area contributed by atoms with Gasteiger partial charge in [-0.1, -0.05) is 30.3 Å². The lowest BCUT2D eigenvalue weighted by atomic mass is 10.1. The molecule has 0 spiro atoms. The summed E-state index contributed by atoms with van der Waals surface area (Å²) in [4.78, 5) is 11.9. The Bertz CT molecular complexity index is 1250. The van der Waals surface area contributed by atoms with E-state index in [1.807, 2.05) is 47.2 Å². The molecule has 0 aromatic heterocycles. The van der Waals surface area contributed by atoms with Crippen LogP contribution in [0.3, 0.4) is 0 Å². The molecule has 1 saturated carbocycles. The zero-order chi connectivity index (χ0) is 23.4. The zero-order valence-corrected chi connectivity index (χ0v) is 18.9. The lowest BCUT2D eigenvalue weighted by Gasteiger charge is -2.11. The first-order valence-electron chi connectivity index (χ1n) is 10.5. The Morgan fingerprint density at radius 1 is 0.970 bits per heavy atom. The molecule has 0 unspecified atom stereocenters. The molecule has 1 N–H and O–H groups in total. The Kier molecular flexibility index (Phi) is 6.65. The lowest BCUT2D eigenvalue weighted by Crippen LogP contribution is -2.29. The monoisotopic (exact) mass is 469 g/mol. The third kappa shape index (κ3) is 6.55. The molecule has 6 nitrogen and oxygen atoms in total. The Morgan fingerprint density at radius 3 is 2.39 bits per heavy atom. The molecule has 3 aromatic carbocycles. The molecular formula is C25H24FNO5S. The number of hydrogen-bond acceptors (Lipinski definition) is 5. The second-order valence-electron chi connectivity index (χ2n) is 8.10. The molecule has 8 heteroatoms. The number of nitrogens with one attached hydrogen (secondary N) is 1. The normalized spacial score (nSPS) is 13.4. The van der Waals surface area contributed by atoms with Gasteiger partial charge in [0.05, 0.1) is 12.9 Å². The molecule has 3 aromatic rings. The first-order valence-corrected chi connectivity index (χ1v) is 12.4. The lowest BCUT2D eigenvalue weighted by molar-refractivity contribution is 0.0981. The summed E-state index contributed by atoms with van der Waals surface area (Å²) in [5, 5.41) is 0. The van der Waals surface area contributed by atoms with Crippen LogP contribution in [0.2, 0.25) is 0 Å². The standard InChI is InChI=1S/C25H24FNO5S/c1-33(29,30)27-25(28)20-7-8-21(24(26)14-20)16-32-23-4-2-3-19(13-23)18-9-11-22(12-10-18)31-15-17-5-6-17/h2-4,7-14,17H,5-6,15-16H2,1H3,(H,27,28). The molecule has 0 saturated heterocycles. The van der Waals surface area contributed by atoms with Crippen molar-refractivity contribution in [2.75, 3.05) is 12.9 Å². The van der Waals surface area contributed by atoms with E-state index >= 15 is 0 Å². The Morgan fingerprint density at radius 2 is 1.73 bits per heavy atom.